The standard InChI is InChI=1S/C14H20ClN/c1-14(2,3)12-9-16(10-12)8-11-6-4-5-7-13(11)15/h4-7,12H,8-10H2,1-3H3. The van der Waals surface area contributed by atoms with Crippen LogP contribution < -0.4 is 0 Å². The zero-order chi connectivity index (χ0) is 11.8. The van der Waals surface area contributed by atoms with E-state index in [0.717, 1.165) is 17.5 Å². The summed E-state index contributed by atoms with van der Waals surface area (Å²) in [5.41, 5.74) is 1.69. The van der Waals surface area contributed by atoms with Gasteiger partial charge in [0, 0.05) is 24.7 Å². The number of halogens is 1. The molecule has 2 heteroatoms. The van der Waals surface area contributed by atoms with Gasteiger partial charge in [-0.15, -0.1) is 0 Å². The largest absolute Gasteiger partial charge is 0.298 e. The monoisotopic (exact) mass is 237 g/mol. The van der Waals surface area contributed by atoms with Crippen LogP contribution in [0, 0.1) is 11.3 Å². The van der Waals surface area contributed by atoms with Crippen molar-refractivity contribution in [1.82, 2.24) is 4.90 Å². The van der Waals surface area contributed by atoms with Crippen molar-refractivity contribution in [2.75, 3.05) is 13.1 Å². The van der Waals surface area contributed by atoms with E-state index in [1.54, 1.807) is 0 Å². The molecule has 1 saturated heterocycles. The van der Waals surface area contributed by atoms with Gasteiger partial charge in [-0.05, 0) is 23.0 Å². The maximum absolute atomic E-state index is 6.15. The van der Waals surface area contributed by atoms with Crippen molar-refractivity contribution in [3.05, 3.63) is 34.9 Å². The minimum absolute atomic E-state index is 0.441. The third-order valence-electron chi connectivity index (χ3n) is 3.53. The summed E-state index contributed by atoms with van der Waals surface area (Å²) in [5.74, 6) is 0.829. The first kappa shape index (κ1) is 11.9. The molecule has 0 amide bonds. The van der Waals surface area contributed by atoms with Crippen LogP contribution in [0.3, 0.4) is 0 Å². The van der Waals surface area contributed by atoms with Gasteiger partial charge in [0.25, 0.3) is 0 Å². The Morgan fingerprint density at radius 1 is 1.25 bits per heavy atom. The number of rotatable bonds is 2. The van der Waals surface area contributed by atoms with Gasteiger partial charge in [-0.25, -0.2) is 0 Å². The van der Waals surface area contributed by atoms with Crippen molar-refractivity contribution < 1.29 is 0 Å². The lowest BCUT2D eigenvalue weighted by Crippen LogP contribution is -2.51. The van der Waals surface area contributed by atoms with Crippen molar-refractivity contribution in [3.63, 3.8) is 0 Å². The number of benzene rings is 1. The van der Waals surface area contributed by atoms with E-state index in [0.29, 0.717) is 5.41 Å². The molecule has 1 fully saturated rings. The predicted molar refractivity (Wildman–Crippen MR) is 69.7 cm³/mol. The van der Waals surface area contributed by atoms with Gasteiger partial charge in [0.2, 0.25) is 0 Å². The maximum Gasteiger partial charge on any atom is 0.0451 e. The fourth-order valence-corrected chi connectivity index (χ4v) is 2.31. The second-order valence-corrected chi connectivity index (χ2v) is 6.26. The molecule has 0 saturated carbocycles. The molecule has 0 N–H and O–H groups in total. The second kappa shape index (κ2) is 4.38. The summed E-state index contributed by atoms with van der Waals surface area (Å²) in [7, 11) is 0. The van der Waals surface area contributed by atoms with Crippen LogP contribution in [0.25, 0.3) is 0 Å². The number of hydrogen-bond acceptors (Lipinski definition) is 1. The molecule has 0 radical (unpaired) electrons. The summed E-state index contributed by atoms with van der Waals surface area (Å²) in [6.45, 7) is 10.4. The molecular formula is C14H20ClN. The van der Waals surface area contributed by atoms with Crippen LogP contribution in [0.1, 0.15) is 26.3 Å². The van der Waals surface area contributed by atoms with Crippen molar-refractivity contribution in [2.45, 2.75) is 27.3 Å². The average Bonchev–Trinajstić information content (AvgIpc) is 2.11. The first-order valence-electron chi connectivity index (χ1n) is 5.92. The van der Waals surface area contributed by atoms with Gasteiger partial charge in [0.1, 0.15) is 0 Å². The lowest BCUT2D eigenvalue weighted by atomic mass is 9.76. The fraction of sp³-hybridized carbons (Fsp3) is 0.571. The van der Waals surface area contributed by atoms with Crippen LogP contribution in [0.4, 0.5) is 0 Å². The Morgan fingerprint density at radius 2 is 1.88 bits per heavy atom. The van der Waals surface area contributed by atoms with E-state index >= 15 is 0 Å². The van der Waals surface area contributed by atoms with Crippen molar-refractivity contribution in [3.8, 4) is 0 Å². The molecule has 0 spiro atoms. The van der Waals surface area contributed by atoms with Crippen LogP contribution in [-0.4, -0.2) is 18.0 Å². The zero-order valence-electron chi connectivity index (χ0n) is 10.3. The Labute approximate surface area is 103 Å². The summed E-state index contributed by atoms with van der Waals surface area (Å²) in [4.78, 5) is 2.47. The number of hydrogen-bond donors (Lipinski definition) is 0. The third kappa shape index (κ3) is 2.58. The Bertz CT molecular complexity index is 361. The summed E-state index contributed by atoms with van der Waals surface area (Å²) >= 11 is 6.15. The van der Waals surface area contributed by atoms with Crippen LogP contribution in [0.5, 0.6) is 0 Å². The van der Waals surface area contributed by atoms with E-state index in [4.69, 9.17) is 11.6 Å². The highest BCUT2D eigenvalue weighted by atomic mass is 35.5. The highest BCUT2D eigenvalue weighted by Crippen LogP contribution is 2.34. The first-order valence-corrected chi connectivity index (χ1v) is 6.30. The Morgan fingerprint density at radius 3 is 2.44 bits per heavy atom. The van der Waals surface area contributed by atoms with E-state index in [-0.39, 0.29) is 0 Å². The SMILES string of the molecule is CC(C)(C)C1CN(Cc2ccccc2Cl)C1. The molecule has 0 atom stereocenters. The van der Waals surface area contributed by atoms with E-state index in [9.17, 15) is 0 Å². The molecular weight excluding hydrogens is 218 g/mol. The van der Waals surface area contributed by atoms with Gasteiger partial charge in [-0.3, -0.25) is 4.90 Å². The number of nitrogens with zero attached hydrogens (tertiary/aromatic N) is 1. The molecule has 1 heterocycles. The van der Waals surface area contributed by atoms with E-state index < -0.39 is 0 Å². The molecule has 2 rings (SSSR count). The van der Waals surface area contributed by atoms with Crippen molar-refractivity contribution in [1.29, 1.82) is 0 Å². The molecule has 16 heavy (non-hydrogen) atoms. The van der Waals surface area contributed by atoms with Gasteiger partial charge in [-0.2, -0.15) is 0 Å². The highest BCUT2D eigenvalue weighted by Gasteiger charge is 2.35. The minimum atomic E-state index is 0.441. The topological polar surface area (TPSA) is 3.24 Å². The van der Waals surface area contributed by atoms with Crippen LogP contribution >= 0.6 is 11.6 Å². The van der Waals surface area contributed by atoms with Crippen LogP contribution in [0.2, 0.25) is 5.02 Å². The first-order chi connectivity index (χ1) is 7.47. The summed E-state index contributed by atoms with van der Waals surface area (Å²) in [6, 6.07) is 8.13. The molecule has 1 aliphatic heterocycles. The van der Waals surface area contributed by atoms with Gasteiger partial charge < -0.3 is 0 Å². The van der Waals surface area contributed by atoms with Gasteiger partial charge >= 0.3 is 0 Å². The predicted octanol–water partition coefficient (Wildman–Crippen LogP) is 3.82. The van der Waals surface area contributed by atoms with Crippen LogP contribution in [-0.2, 0) is 6.54 Å². The third-order valence-corrected chi connectivity index (χ3v) is 3.90. The molecule has 1 aromatic carbocycles. The quantitative estimate of drug-likeness (QED) is 0.756. The molecule has 0 aliphatic carbocycles. The molecule has 0 unspecified atom stereocenters. The highest BCUT2D eigenvalue weighted by molar-refractivity contribution is 6.31. The normalized spacial score (nSPS) is 18.5. The summed E-state index contributed by atoms with van der Waals surface area (Å²) in [5, 5.41) is 0.890. The lowest BCUT2D eigenvalue weighted by Gasteiger charge is -2.46. The second-order valence-electron chi connectivity index (χ2n) is 5.85. The Hall–Kier alpha value is -0.530. The van der Waals surface area contributed by atoms with E-state index in [1.807, 2.05) is 12.1 Å². The van der Waals surface area contributed by atoms with Gasteiger partial charge in [-0.1, -0.05) is 50.6 Å². The van der Waals surface area contributed by atoms with E-state index in [1.165, 1.54) is 18.7 Å². The molecule has 0 aromatic heterocycles. The maximum atomic E-state index is 6.15. The minimum Gasteiger partial charge on any atom is -0.298 e. The van der Waals surface area contributed by atoms with Gasteiger partial charge in [0.05, 0.1) is 0 Å². The van der Waals surface area contributed by atoms with Crippen molar-refractivity contribution in [2.24, 2.45) is 11.3 Å². The van der Waals surface area contributed by atoms with E-state index in [2.05, 4.69) is 37.8 Å². The molecule has 0 bridgehead atoms. The lowest BCUT2D eigenvalue weighted by molar-refractivity contribution is 0.0189. The molecule has 1 aromatic rings. The summed E-state index contributed by atoms with van der Waals surface area (Å²) < 4.78 is 0. The summed E-state index contributed by atoms with van der Waals surface area (Å²) in [6.07, 6.45) is 0. The zero-order valence-corrected chi connectivity index (χ0v) is 11.1. The number of likely N-dealkylation sites (tertiary alicyclic amines) is 1. The smallest absolute Gasteiger partial charge is 0.0451 e. The fourth-order valence-electron chi connectivity index (χ4n) is 2.11. The molecule has 1 aliphatic rings. The average molecular weight is 238 g/mol. The molecule has 1 nitrogen and oxygen atoms in total. The van der Waals surface area contributed by atoms with Crippen LogP contribution in [0.15, 0.2) is 24.3 Å². The van der Waals surface area contributed by atoms with Crippen molar-refractivity contribution >= 4 is 11.6 Å². The Balaban J connectivity index is 1.89. The van der Waals surface area contributed by atoms with Gasteiger partial charge in [0.15, 0.2) is 0 Å². The molecule has 88 valence electrons. The Kier molecular flexibility index (Phi) is 3.27.